The molecule has 0 saturated carbocycles. The van der Waals surface area contributed by atoms with Crippen molar-refractivity contribution in [3.63, 3.8) is 0 Å². The fourth-order valence-corrected chi connectivity index (χ4v) is 1.70. The summed E-state index contributed by atoms with van der Waals surface area (Å²) in [6.45, 7) is 4.09. The van der Waals surface area contributed by atoms with Crippen molar-refractivity contribution in [1.82, 2.24) is 0 Å². The van der Waals surface area contributed by atoms with Crippen LogP contribution in [-0.2, 0) is 0 Å². The molecule has 0 atom stereocenters. The summed E-state index contributed by atoms with van der Waals surface area (Å²) < 4.78 is 0.703. The standard InChI is InChI=1S/C10H12BrNO/c1-6(2)7-3-4-9(12)10(11)8(7)5-13/h3-6H,12H2,1-2H3. The first-order valence-corrected chi connectivity index (χ1v) is 4.90. The third-order valence-electron chi connectivity index (χ3n) is 1.98. The van der Waals surface area contributed by atoms with Crippen molar-refractivity contribution in [2.45, 2.75) is 19.8 Å². The average Bonchev–Trinajstić information content (AvgIpc) is 2.09. The minimum Gasteiger partial charge on any atom is -0.398 e. The lowest BCUT2D eigenvalue weighted by molar-refractivity contribution is 0.112. The quantitative estimate of drug-likeness (QED) is 0.639. The molecule has 0 spiro atoms. The molecule has 2 nitrogen and oxygen atoms in total. The Morgan fingerprint density at radius 1 is 1.46 bits per heavy atom. The molecule has 70 valence electrons. The van der Waals surface area contributed by atoms with Crippen LogP contribution in [0.5, 0.6) is 0 Å². The molecule has 0 amide bonds. The highest BCUT2D eigenvalue weighted by atomic mass is 79.9. The molecule has 0 unspecified atom stereocenters. The van der Waals surface area contributed by atoms with E-state index in [4.69, 9.17) is 5.73 Å². The molecular formula is C10H12BrNO. The smallest absolute Gasteiger partial charge is 0.151 e. The van der Waals surface area contributed by atoms with Gasteiger partial charge in [-0.3, -0.25) is 4.79 Å². The zero-order valence-corrected chi connectivity index (χ0v) is 9.26. The van der Waals surface area contributed by atoms with Gasteiger partial charge in [-0.15, -0.1) is 0 Å². The van der Waals surface area contributed by atoms with E-state index in [1.165, 1.54) is 0 Å². The van der Waals surface area contributed by atoms with Gasteiger partial charge in [0.2, 0.25) is 0 Å². The third kappa shape index (κ3) is 1.91. The topological polar surface area (TPSA) is 43.1 Å². The maximum absolute atomic E-state index is 10.8. The van der Waals surface area contributed by atoms with Crippen LogP contribution in [0, 0.1) is 0 Å². The summed E-state index contributed by atoms with van der Waals surface area (Å²) in [5.74, 6) is 0.331. The number of anilines is 1. The number of rotatable bonds is 2. The van der Waals surface area contributed by atoms with E-state index < -0.39 is 0 Å². The van der Waals surface area contributed by atoms with Gasteiger partial charge in [-0.25, -0.2) is 0 Å². The normalized spacial score (nSPS) is 10.5. The predicted molar refractivity (Wildman–Crippen MR) is 58.0 cm³/mol. The van der Waals surface area contributed by atoms with Gasteiger partial charge >= 0.3 is 0 Å². The number of carbonyl (C=O) groups excluding carboxylic acids is 1. The number of hydrogen-bond donors (Lipinski definition) is 1. The van der Waals surface area contributed by atoms with Crippen molar-refractivity contribution in [2.24, 2.45) is 0 Å². The molecule has 0 aromatic heterocycles. The molecule has 13 heavy (non-hydrogen) atoms. The van der Waals surface area contributed by atoms with Gasteiger partial charge < -0.3 is 5.73 Å². The van der Waals surface area contributed by atoms with Gasteiger partial charge in [0.1, 0.15) is 0 Å². The van der Waals surface area contributed by atoms with E-state index in [1.54, 1.807) is 0 Å². The van der Waals surface area contributed by atoms with E-state index in [1.807, 2.05) is 26.0 Å². The molecule has 0 fully saturated rings. The van der Waals surface area contributed by atoms with Crippen molar-refractivity contribution in [3.8, 4) is 0 Å². The zero-order chi connectivity index (χ0) is 10.0. The molecule has 2 N–H and O–H groups in total. The highest BCUT2D eigenvalue weighted by Crippen LogP contribution is 2.29. The summed E-state index contributed by atoms with van der Waals surface area (Å²) in [5, 5.41) is 0. The molecule has 0 heterocycles. The van der Waals surface area contributed by atoms with Gasteiger partial charge in [0.05, 0.1) is 4.47 Å². The Bertz CT molecular complexity index is 334. The first-order valence-electron chi connectivity index (χ1n) is 4.11. The second kappa shape index (κ2) is 3.92. The van der Waals surface area contributed by atoms with E-state index in [-0.39, 0.29) is 0 Å². The van der Waals surface area contributed by atoms with Crippen LogP contribution in [-0.4, -0.2) is 6.29 Å². The Labute approximate surface area is 86.3 Å². The van der Waals surface area contributed by atoms with Crippen molar-refractivity contribution < 1.29 is 4.79 Å². The number of aldehydes is 1. The molecule has 0 aliphatic carbocycles. The van der Waals surface area contributed by atoms with Crippen LogP contribution >= 0.6 is 15.9 Å². The highest BCUT2D eigenvalue weighted by Gasteiger charge is 2.11. The Balaban J connectivity index is 3.38. The van der Waals surface area contributed by atoms with E-state index in [9.17, 15) is 4.79 Å². The Morgan fingerprint density at radius 2 is 2.08 bits per heavy atom. The summed E-state index contributed by atoms with van der Waals surface area (Å²) in [6, 6.07) is 3.71. The molecule has 1 aromatic rings. The molecule has 1 rings (SSSR count). The Morgan fingerprint density at radius 3 is 2.54 bits per heavy atom. The van der Waals surface area contributed by atoms with Gasteiger partial charge in [-0.1, -0.05) is 19.9 Å². The second-order valence-corrected chi connectivity index (χ2v) is 4.04. The zero-order valence-electron chi connectivity index (χ0n) is 7.67. The average molecular weight is 242 g/mol. The summed E-state index contributed by atoms with van der Waals surface area (Å²) in [4.78, 5) is 10.8. The maximum Gasteiger partial charge on any atom is 0.151 e. The van der Waals surface area contributed by atoms with E-state index >= 15 is 0 Å². The summed E-state index contributed by atoms with van der Waals surface area (Å²) in [7, 11) is 0. The van der Waals surface area contributed by atoms with Crippen LogP contribution in [0.2, 0.25) is 0 Å². The SMILES string of the molecule is CC(C)c1ccc(N)c(Br)c1C=O. The van der Waals surface area contributed by atoms with Crippen LogP contribution < -0.4 is 5.73 Å². The van der Waals surface area contributed by atoms with Crippen LogP contribution in [0.1, 0.15) is 35.7 Å². The molecule has 0 bridgehead atoms. The van der Waals surface area contributed by atoms with Crippen LogP contribution in [0.25, 0.3) is 0 Å². The fraction of sp³-hybridized carbons (Fsp3) is 0.300. The molecule has 0 radical (unpaired) electrons. The molecule has 1 aromatic carbocycles. The van der Waals surface area contributed by atoms with Crippen LogP contribution in [0.3, 0.4) is 0 Å². The lowest BCUT2D eigenvalue weighted by Crippen LogP contribution is -1.99. The molecule has 0 saturated heterocycles. The van der Waals surface area contributed by atoms with E-state index in [0.717, 1.165) is 11.8 Å². The first-order chi connectivity index (χ1) is 6.07. The number of carbonyl (C=O) groups is 1. The number of benzene rings is 1. The van der Waals surface area contributed by atoms with Gasteiger partial charge in [0, 0.05) is 11.3 Å². The largest absolute Gasteiger partial charge is 0.398 e. The van der Waals surface area contributed by atoms with Crippen molar-refractivity contribution in [1.29, 1.82) is 0 Å². The van der Waals surface area contributed by atoms with Gasteiger partial charge in [0.25, 0.3) is 0 Å². The van der Waals surface area contributed by atoms with Gasteiger partial charge in [0.15, 0.2) is 6.29 Å². The molecule has 0 aliphatic rings. The third-order valence-corrected chi connectivity index (χ3v) is 2.87. The monoisotopic (exact) mass is 241 g/mol. The molecular weight excluding hydrogens is 230 g/mol. The second-order valence-electron chi connectivity index (χ2n) is 3.24. The first kappa shape index (κ1) is 10.3. The minimum atomic E-state index is 0.331. The minimum absolute atomic E-state index is 0.331. The van der Waals surface area contributed by atoms with Crippen molar-refractivity contribution in [3.05, 3.63) is 27.7 Å². The van der Waals surface area contributed by atoms with Crippen LogP contribution in [0.15, 0.2) is 16.6 Å². The fourth-order valence-electron chi connectivity index (χ4n) is 1.25. The number of halogens is 1. The molecule has 0 aliphatic heterocycles. The number of hydrogen-bond acceptors (Lipinski definition) is 2. The predicted octanol–water partition coefficient (Wildman–Crippen LogP) is 2.97. The highest BCUT2D eigenvalue weighted by molar-refractivity contribution is 9.10. The Kier molecular flexibility index (Phi) is 3.09. The lowest BCUT2D eigenvalue weighted by atomic mass is 9.97. The van der Waals surface area contributed by atoms with Crippen molar-refractivity contribution >= 4 is 27.9 Å². The summed E-state index contributed by atoms with van der Waals surface area (Å²) in [5.41, 5.74) is 7.95. The number of nitrogens with two attached hydrogens (primary N) is 1. The Hall–Kier alpha value is -0.830. The number of nitrogen functional groups attached to an aromatic ring is 1. The van der Waals surface area contributed by atoms with Gasteiger partial charge in [-0.2, -0.15) is 0 Å². The van der Waals surface area contributed by atoms with Crippen molar-refractivity contribution in [2.75, 3.05) is 5.73 Å². The maximum atomic E-state index is 10.8. The van der Waals surface area contributed by atoms with E-state index in [0.29, 0.717) is 21.6 Å². The van der Waals surface area contributed by atoms with Crippen LogP contribution in [0.4, 0.5) is 5.69 Å². The summed E-state index contributed by atoms with van der Waals surface area (Å²) in [6.07, 6.45) is 0.843. The summed E-state index contributed by atoms with van der Waals surface area (Å²) >= 11 is 3.30. The van der Waals surface area contributed by atoms with E-state index in [2.05, 4.69) is 15.9 Å². The molecule has 3 heteroatoms. The van der Waals surface area contributed by atoms with Gasteiger partial charge in [-0.05, 0) is 33.5 Å². The lowest BCUT2D eigenvalue weighted by Gasteiger charge is -2.11.